The van der Waals surface area contributed by atoms with Crippen LogP contribution < -0.4 is 26.7 Å². The topological polar surface area (TPSA) is 106 Å². The first-order valence-electron chi connectivity index (χ1n) is 12.4. The molecule has 0 bridgehead atoms. The number of hydrogen-bond donors (Lipinski definition) is 4. The van der Waals surface area contributed by atoms with Crippen molar-refractivity contribution in [2.24, 2.45) is 5.84 Å². The molecule has 2 unspecified atom stereocenters. The van der Waals surface area contributed by atoms with Gasteiger partial charge in [-0.2, -0.15) is 0 Å². The summed E-state index contributed by atoms with van der Waals surface area (Å²) in [4.78, 5) is 30.4. The highest BCUT2D eigenvalue weighted by Gasteiger charge is 2.41. The second kappa shape index (κ2) is 11.0. The summed E-state index contributed by atoms with van der Waals surface area (Å²) in [5.74, 6) is 6.29. The van der Waals surface area contributed by atoms with Gasteiger partial charge < -0.3 is 25.8 Å². The summed E-state index contributed by atoms with van der Waals surface area (Å²) in [5.41, 5.74) is 3.64. The molecule has 188 valence electrons. The Balaban J connectivity index is 1.63. The van der Waals surface area contributed by atoms with Gasteiger partial charge in [0, 0.05) is 37.3 Å². The van der Waals surface area contributed by atoms with Crippen LogP contribution in [0.4, 0.5) is 11.4 Å². The number of nitrogens with two attached hydrogens (primary N) is 1. The van der Waals surface area contributed by atoms with Gasteiger partial charge >= 0.3 is 0 Å². The normalized spacial score (nSPS) is 23.9. The van der Waals surface area contributed by atoms with Gasteiger partial charge in [-0.15, -0.1) is 0 Å². The quantitative estimate of drug-likeness (QED) is 0.213. The fraction of sp³-hybridized carbons (Fsp3) is 0.462. The van der Waals surface area contributed by atoms with Gasteiger partial charge in [-0.3, -0.25) is 9.59 Å². The van der Waals surface area contributed by atoms with E-state index in [1.165, 1.54) is 5.01 Å². The Labute approximate surface area is 207 Å². The number of rotatable bonds is 6. The second-order valence-electron chi connectivity index (χ2n) is 9.41. The average Bonchev–Trinajstić information content (AvgIpc) is 3.07. The predicted molar refractivity (Wildman–Crippen MR) is 139 cm³/mol. The van der Waals surface area contributed by atoms with Gasteiger partial charge in [0.25, 0.3) is 5.91 Å². The fourth-order valence-corrected chi connectivity index (χ4v) is 5.03. The molecule has 1 saturated heterocycles. The number of dihydropyridines is 1. The highest BCUT2D eigenvalue weighted by Crippen LogP contribution is 2.41. The SMILES string of the molecule is CNC/C=C/C(=O)N1CCCC[C@@H](N2c3c(C)cccc3NC2N(N)C(=O)C2=CC(C)NC=C2)C1. The van der Waals surface area contributed by atoms with Gasteiger partial charge in [0.2, 0.25) is 5.91 Å². The van der Waals surface area contributed by atoms with E-state index in [0.29, 0.717) is 18.7 Å². The zero-order chi connectivity index (χ0) is 24.9. The summed E-state index contributed by atoms with van der Waals surface area (Å²) in [7, 11) is 1.85. The van der Waals surface area contributed by atoms with Crippen molar-refractivity contribution in [1.29, 1.82) is 0 Å². The second-order valence-corrected chi connectivity index (χ2v) is 9.41. The molecule has 1 fully saturated rings. The lowest BCUT2D eigenvalue weighted by molar-refractivity contribution is -0.129. The number of likely N-dealkylation sites (N-methyl/N-ethyl adjacent to an activating group) is 1. The Kier molecular flexibility index (Phi) is 7.77. The molecule has 9 heteroatoms. The number of hydrazine groups is 1. The van der Waals surface area contributed by atoms with Crippen LogP contribution >= 0.6 is 0 Å². The third-order valence-corrected chi connectivity index (χ3v) is 6.77. The number of amides is 2. The first-order valence-corrected chi connectivity index (χ1v) is 12.4. The Bertz CT molecular complexity index is 1030. The van der Waals surface area contributed by atoms with Crippen LogP contribution in [0.5, 0.6) is 0 Å². The Morgan fingerprint density at radius 2 is 2.14 bits per heavy atom. The molecule has 1 aromatic rings. The van der Waals surface area contributed by atoms with Crippen molar-refractivity contribution in [3.8, 4) is 0 Å². The van der Waals surface area contributed by atoms with Crippen LogP contribution in [0.2, 0.25) is 0 Å². The van der Waals surface area contributed by atoms with Crippen molar-refractivity contribution in [3.63, 3.8) is 0 Å². The molecule has 5 N–H and O–H groups in total. The molecule has 0 saturated carbocycles. The summed E-state index contributed by atoms with van der Waals surface area (Å²) >= 11 is 0. The highest BCUT2D eigenvalue weighted by atomic mass is 16.2. The fourth-order valence-electron chi connectivity index (χ4n) is 5.03. The number of nitrogens with one attached hydrogen (secondary N) is 3. The first kappa shape index (κ1) is 24.8. The molecule has 2 amide bonds. The predicted octanol–water partition coefficient (Wildman–Crippen LogP) is 1.80. The number of hydrogen-bond acceptors (Lipinski definition) is 7. The number of para-hydroxylation sites is 1. The van der Waals surface area contributed by atoms with E-state index in [2.05, 4.69) is 33.8 Å². The van der Waals surface area contributed by atoms with Crippen molar-refractivity contribution in [2.45, 2.75) is 51.5 Å². The summed E-state index contributed by atoms with van der Waals surface area (Å²) in [6.45, 7) is 5.99. The highest BCUT2D eigenvalue weighted by molar-refractivity contribution is 5.97. The van der Waals surface area contributed by atoms with E-state index in [-0.39, 0.29) is 23.9 Å². The van der Waals surface area contributed by atoms with Crippen LogP contribution in [0.15, 0.2) is 54.3 Å². The first-order chi connectivity index (χ1) is 16.9. The van der Waals surface area contributed by atoms with Crippen molar-refractivity contribution in [2.75, 3.05) is 36.9 Å². The van der Waals surface area contributed by atoms with Gasteiger partial charge in [0.05, 0.1) is 17.4 Å². The van der Waals surface area contributed by atoms with Crippen LogP contribution in [-0.4, -0.2) is 66.8 Å². The smallest absolute Gasteiger partial charge is 0.270 e. The van der Waals surface area contributed by atoms with Crippen LogP contribution in [0.3, 0.4) is 0 Å². The molecule has 0 aromatic heterocycles. The molecule has 3 aliphatic rings. The molecule has 0 spiro atoms. The van der Waals surface area contributed by atoms with Gasteiger partial charge in [-0.25, -0.2) is 10.9 Å². The Hall–Kier alpha value is -3.30. The number of benzene rings is 1. The van der Waals surface area contributed by atoms with Gasteiger partial charge in [0.15, 0.2) is 6.29 Å². The van der Waals surface area contributed by atoms with Gasteiger partial charge in [-0.05, 0) is 70.1 Å². The minimum absolute atomic E-state index is 0.00863. The number of aryl methyl sites for hydroxylation is 1. The monoisotopic (exact) mass is 479 g/mol. The number of nitrogens with zero attached hydrogens (tertiary/aromatic N) is 3. The largest absolute Gasteiger partial charge is 0.385 e. The molecule has 0 aliphatic carbocycles. The number of carbonyl (C=O) groups is 2. The molecule has 3 atom stereocenters. The molecular weight excluding hydrogens is 442 g/mol. The molecule has 9 nitrogen and oxygen atoms in total. The average molecular weight is 480 g/mol. The minimum Gasteiger partial charge on any atom is -0.385 e. The van der Waals surface area contributed by atoms with E-state index in [1.807, 2.05) is 43.2 Å². The number of anilines is 2. The summed E-state index contributed by atoms with van der Waals surface area (Å²) in [6, 6.07) is 6.14. The molecule has 35 heavy (non-hydrogen) atoms. The van der Waals surface area contributed by atoms with Gasteiger partial charge in [-0.1, -0.05) is 18.2 Å². The molecule has 1 aromatic carbocycles. The van der Waals surface area contributed by atoms with Crippen molar-refractivity contribution < 1.29 is 9.59 Å². The molecular formula is C26H37N7O2. The summed E-state index contributed by atoms with van der Waals surface area (Å²) in [6.07, 6.45) is 11.2. The van der Waals surface area contributed by atoms with E-state index in [9.17, 15) is 9.59 Å². The van der Waals surface area contributed by atoms with Crippen LogP contribution in [0.25, 0.3) is 0 Å². The maximum atomic E-state index is 13.4. The minimum atomic E-state index is -0.557. The van der Waals surface area contributed by atoms with E-state index in [1.54, 1.807) is 18.4 Å². The van der Waals surface area contributed by atoms with Crippen molar-refractivity contribution in [1.82, 2.24) is 20.5 Å². The van der Waals surface area contributed by atoms with E-state index < -0.39 is 6.29 Å². The van der Waals surface area contributed by atoms with E-state index >= 15 is 0 Å². The molecule has 0 radical (unpaired) electrons. The molecule has 3 aliphatic heterocycles. The third kappa shape index (κ3) is 5.36. The summed E-state index contributed by atoms with van der Waals surface area (Å²) < 4.78 is 0. The van der Waals surface area contributed by atoms with Crippen LogP contribution in [0, 0.1) is 6.92 Å². The van der Waals surface area contributed by atoms with E-state index in [4.69, 9.17) is 5.84 Å². The van der Waals surface area contributed by atoms with Crippen LogP contribution in [-0.2, 0) is 9.59 Å². The number of fused-ring (bicyclic) bond motifs is 1. The maximum absolute atomic E-state index is 13.4. The lowest BCUT2D eigenvalue weighted by Gasteiger charge is -2.40. The van der Waals surface area contributed by atoms with Crippen molar-refractivity contribution in [3.05, 3.63) is 59.8 Å². The maximum Gasteiger partial charge on any atom is 0.270 e. The zero-order valence-electron chi connectivity index (χ0n) is 20.8. The van der Waals surface area contributed by atoms with E-state index in [0.717, 1.165) is 42.7 Å². The van der Waals surface area contributed by atoms with Crippen molar-refractivity contribution >= 4 is 23.2 Å². The Morgan fingerprint density at radius 1 is 1.31 bits per heavy atom. The molecule has 3 heterocycles. The summed E-state index contributed by atoms with van der Waals surface area (Å²) in [5, 5.41) is 10.9. The van der Waals surface area contributed by atoms with Gasteiger partial charge in [0.1, 0.15) is 0 Å². The van der Waals surface area contributed by atoms with Crippen LogP contribution in [0.1, 0.15) is 31.7 Å². The lowest BCUT2D eigenvalue weighted by Crippen LogP contribution is -2.60. The standard InChI is InChI=1S/C26H37N7O2/c1-18-8-6-10-22-24(18)32(21-9-4-5-15-31(17-21)23(34)11-7-13-28-3)26(30-22)33(27)25(35)20-12-14-29-19(2)16-20/h6-8,10-12,14,16,19,21,26,28-30H,4-5,9,13,15,17,27H2,1-3H3/b11-7+/t19?,21-,26?/m1/s1. The third-order valence-electron chi connectivity index (χ3n) is 6.77. The number of carbonyl (C=O) groups excluding carboxylic acids is 2. The Morgan fingerprint density at radius 3 is 2.91 bits per heavy atom. The molecule has 4 rings (SSSR count). The number of likely N-dealkylation sites (tertiary alicyclic amines) is 1. The lowest BCUT2D eigenvalue weighted by atomic mass is 10.1. The zero-order valence-corrected chi connectivity index (χ0v) is 20.8.